The predicted molar refractivity (Wildman–Crippen MR) is 87.2 cm³/mol. The van der Waals surface area contributed by atoms with Crippen LogP contribution in [0.25, 0.3) is 0 Å². The summed E-state index contributed by atoms with van der Waals surface area (Å²) >= 11 is 0. The number of hydrogen-bond acceptors (Lipinski definition) is 6. The number of anilines is 1. The van der Waals surface area contributed by atoms with Gasteiger partial charge in [0.05, 0.1) is 19.8 Å². The molecule has 1 aromatic heterocycles. The minimum absolute atomic E-state index is 0.205. The zero-order chi connectivity index (χ0) is 16.8. The number of methoxy groups -OCH3 is 1. The summed E-state index contributed by atoms with van der Waals surface area (Å²) in [7, 11) is 1.60. The van der Waals surface area contributed by atoms with Gasteiger partial charge in [-0.05, 0) is 29.7 Å². The number of benzene rings is 1. The normalized spacial score (nSPS) is 13.2. The minimum Gasteiger partial charge on any atom is -0.475 e. The first-order chi connectivity index (χ1) is 11.8. The van der Waals surface area contributed by atoms with Crippen molar-refractivity contribution in [3.05, 3.63) is 47.2 Å². The maximum absolute atomic E-state index is 12.4. The molecule has 0 bridgehead atoms. The lowest BCUT2D eigenvalue weighted by atomic mass is 10.00. The first-order valence-corrected chi connectivity index (χ1v) is 7.72. The van der Waals surface area contributed by atoms with Gasteiger partial charge in [-0.3, -0.25) is 10.1 Å². The predicted octanol–water partition coefficient (Wildman–Crippen LogP) is 1.83. The number of ether oxygens (including phenoxy) is 3. The molecular weight excluding hydrogens is 310 g/mol. The van der Waals surface area contributed by atoms with Crippen LogP contribution >= 0.6 is 0 Å². The molecule has 0 atom stereocenters. The van der Waals surface area contributed by atoms with E-state index < -0.39 is 0 Å². The topological polar surface area (TPSA) is 82.6 Å². The monoisotopic (exact) mass is 329 g/mol. The summed E-state index contributed by atoms with van der Waals surface area (Å²) in [4.78, 5) is 20.6. The molecule has 7 nitrogen and oxygen atoms in total. The molecule has 0 aliphatic carbocycles. The Labute approximate surface area is 140 Å². The third kappa shape index (κ3) is 4.06. The van der Waals surface area contributed by atoms with Crippen LogP contribution in [0.15, 0.2) is 30.5 Å². The van der Waals surface area contributed by atoms with Gasteiger partial charge in [-0.2, -0.15) is 4.98 Å². The third-order valence-electron chi connectivity index (χ3n) is 3.63. The van der Waals surface area contributed by atoms with Crippen molar-refractivity contribution >= 4 is 11.9 Å². The zero-order valence-electron chi connectivity index (χ0n) is 13.4. The van der Waals surface area contributed by atoms with E-state index in [1.807, 2.05) is 12.1 Å². The molecule has 1 N–H and O–H groups in total. The molecular formula is C17H19N3O4. The van der Waals surface area contributed by atoms with Crippen molar-refractivity contribution < 1.29 is 19.0 Å². The fourth-order valence-corrected chi connectivity index (χ4v) is 2.39. The lowest BCUT2D eigenvalue weighted by molar-refractivity contribution is 0.102. The SMILES string of the molecule is COCCOc1ccnc(NC(=O)c2ccc3c(c2)CCOC3)n1. The van der Waals surface area contributed by atoms with Gasteiger partial charge in [0.25, 0.3) is 5.91 Å². The van der Waals surface area contributed by atoms with Crippen molar-refractivity contribution in [2.24, 2.45) is 0 Å². The maximum atomic E-state index is 12.4. The Bertz CT molecular complexity index is 721. The fourth-order valence-electron chi connectivity index (χ4n) is 2.39. The molecule has 3 rings (SSSR count). The molecule has 0 spiro atoms. The second-order valence-corrected chi connectivity index (χ2v) is 5.30. The summed E-state index contributed by atoms with van der Waals surface area (Å²) in [5.41, 5.74) is 2.85. The van der Waals surface area contributed by atoms with E-state index in [4.69, 9.17) is 14.2 Å². The first-order valence-electron chi connectivity index (χ1n) is 7.72. The van der Waals surface area contributed by atoms with Crippen molar-refractivity contribution in [2.75, 3.05) is 32.2 Å². The number of amides is 1. The quantitative estimate of drug-likeness (QED) is 0.814. The Kier molecular flexibility index (Phi) is 5.35. The molecule has 0 saturated carbocycles. The van der Waals surface area contributed by atoms with Gasteiger partial charge in [0, 0.05) is 24.9 Å². The molecule has 2 aromatic rings. The molecule has 7 heteroatoms. The van der Waals surface area contributed by atoms with E-state index in [0.717, 1.165) is 17.5 Å². The highest BCUT2D eigenvalue weighted by atomic mass is 16.5. The number of carbonyl (C=O) groups is 1. The van der Waals surface area contributed by atoms with E-state index in [2.05, 4.69) is 15.3 Å². The highest BCUT2D eigenvalue weighted by Crippen LogP contribution is 2.19. The number of fused-ring (bicyclic) bond motifs is 1. The zero-order valence-corrected chi connectivity index (χ0v) is 13.4. The summed E-state index contributed by atoms with van der Waals surface area (Å²) < 4.78 is 15.7. The summed E-state index contributed by atoms with van der Waals surface area (Å²) in [5, 5.41) is 2.69. The van der Waals surface area contributed by atoms with Crippen molar-refractivity contribution in [2.45, 2.75) is 13.0 Å². The number of carbonyl (C=O) groups excluding carboxylic acids is 1. The Morgan fingerprint density at radius 2 is 2.21 bits per heavy atom. The molecule has 24 heavy (non-hydrogen) atoms. The highest BCUT2D eigenvalue weighted by Gasteiger charge is 2.14. The van der Waals surface area contributed by atoms with Crippen molar-refractivity contribution in [1.82, 2.24) is 9.97 Å². The highest BCUT2D eigenvalue weighted by molar-refractivity contribution is 6.03. The van der Waals surface area contributed by atoms with Crippen LogP contribution in [0.4, 0.5) is 5.95 Å². The lowest BCUT2D eigenvalue weighted by Crippen LogP contribution is -2.17. The summed E-state index contributed by atoms with van der Waals surface area (Å²) in [6, 6.07) is 7.23. The van der Waals surface area contributed by atoms with Gasteiger partial charge in [0.15, 0.2) is 0 Å². The molecule has 1 aliphatic rings. The van der Waals surface area contributed by atoms with Gasteiger partial charge < -0.3 is 14.2 Å². The van der Waals surface area contributed by atoms with E-state index in [-0.39, 0.29) is 11.9 Å². The van der Waals surface area contributed by atoms with E-state index in [9.17, 15) is 4.79 Å². The van der Waals surface area contributed by atoms with Crippen molar-refractivity contribution in [3.8, 4) is 5.88 Å². The van der Waals surface area contributed by atoms with Crippen molar-refractivity contribution in [1.29, 1.82) is 0 Å². The number of rotatable bonds is 6. The molecule has 1 aliphatic heterocycles. The fraction of sp³-hybridized carbons (Fsp3) is 0.353. The standard InChI is InChI=1S/C17H19N3O4/c1-22-8-9-24-15-4-6-18-17(19-15)20-16(21)13-2-3-14-11-23-7-5-12(14)10-13/h2-4,6,10H,5,7-9,11H2,1H3,(H,18,19,20,21). The molecule has 1 amide bonds. The Balaban J connectivity index is 1.67. The molecule has 2 heterocycles. The summed E-state index contributed by atoms with van der Waals surface area (Å²) in [6.45, 7) is 2.13. The second kappa shape index (κ2) is 7.85. The Morgan fingerprint density at radius 3 is 3.08 bits per heavy atom. The van der Waals surface area contributed by atoms with Gasteiger partial charge in [0.1, 0.15) is 6.61 Å². The van der Waals surface area contributed by atoms with Crippen LogP contribution in [0.5, 0.6) is 5.88 Å². The van der Waals surface area contributed by atoms with Gasteiger partial charge in [-0.25, -0.2) is 4.98 Å². The minimum atomic E-state index is -0.252. The number of nitrogens with one attached hydrogen (secondary N) is 1. The summed E-state index contributed by atoms with van der Waals surface area (Å²) in [6.07, 6.45) is 2.35. The molecule has 126 valence electrons. The maximum Gasteiger partial charge on any atom is 0.258 e. The van der Waals surface area contributed by atoms with Gasteiger partial charge in [-0.15, -0.1) is 0 Å². The smallest absolute Gasteiger partial charge is 0.258 e. The number of aromatic nitrogens is 2. The molecule has 0 radical (unpaired) electrons. The van der Waals surface area contributed by atoms with Crippen LogP contribution in [-0.2, 0) is 22.5 Å². The number of hydrogen-bond donors (Lipinski definition) is 1. The number of nitrogens with zero attached hydrogens (tertiary/aromatic N) is 2. The average molecular weight is 329 g/mol. The first kappa shape index (κ1) is 16.4. The second-order valence-electron chi connectivity index (χ2n) is 5.30. The van der Waals surface area contributed by atoms with Gasteiger partial charge in [0.2, 0.25) is 11.8 Å². The van der Waals surface area contributed by atoms with Crippen LogP contribution < -0.4 is 10.1 Å². The molecule has 0 saturated heterocycles. The van der Waals surface area contributed by atoms with Crippen LogP contribution in [0.1, 0.15) is 21.5 Å². The Morgan fingerprint density at radius 1 is 1.29 bits per heavy atom. The molecule has 1 aromatic carbocycles. The van der Waals surface area contributed by atoms with Gasteiger partial charge in [-0.1, -0.05) is 6.07 Å². The van der Waals surface area contributed by atoms with Crippen LogP contribution in [-0.4, -0.2) is 42.8 Å². The van der Waals surface area contributed by atoms with Crippen molar-refractivity contribution in [3.63, 3.8) is 0 Å². The van der Waals surface area contributed by atoms with Crippen LogP contribution in [0, 0.1) is 0 Å². The Hall–Kier alpha value is -2.51. The molecule has 0 unspecified atom stereocenters. The lowest BCUT2D eigenvalue weighted by Gasteiger charge is -2.17. The van der Waals surface area contributed by atoms with E-state index >= 15 is 0 Å². The third-order valence-corrected chi connectivity index (χ3v) is 3.63. The van der Waals surface area contributed by atoms with Gasteiger partial charge >= 0.3 is 0 Å². The average Bonchev–Trinajstić information content (AvgIpc) is 2.62. The summed E-state index contributed by atoms with van der Waals surface area (Å²) in [5.74, 6) is 0.342. The van der Waals surface area contributed by atoms with E-state index in [1.165, 1.54) is 6.20 Å². The van der Waals surface area contributed by atoms with Crippen LogP contribution in [0.2, 0.25) is 0 Å². The molecule has 0 fully saturated rings. The van der Waals surface area contributed by atoms with E-state index in [0.29, 0.717) is 37.9 Å². The van der Waals surface area contributed by atoms with Crippen LogP contribution in [0.3, 0.4) is 0 Å². The van der Waals surface area contributed by atoms with E-state index in [1.54, 1.807) is 19.2 Å². The largest absolute Gasteiger partial charge is 0.475 e.